The number of aliphatic hydroxyl groups is 1. The van der Waals surface area contributed by atoms with Crippen molar-refractivity contribution in [2.45, 2.75) is 25.1 Å². The Bertz CT molecular complexity index is 1280. The van der Waals surface area contributed by atoms with Gasteiger partial charge in [0.1, 0.15) is 17.8 Å². The van der Waals surface area contributed by atoms with Gasteiger partial charge in [-0.25, -0.2) is 9.07 Å². The zero-order valence-electron chi connectivity index (χ0n) is 16.6. The molecule has 6 nitrogen and oxygen atoms in total. The normalized spacial score (nSPS) is 12.8. The summed E-state index contributed by atoms with van der Waals surface area (Å²) >= 11 is 0. The third-order valence-corrected chi connectivity index (χ3v) is 5.15. The summed E-state index contributed by atoms with van der Waals surface area (Å²) in [6, 6.07) is 13.2. The van der Waals surface area contributed by atoms with E-state index in [1.165, 1.54) is 23.0 Å². The van der Waals surface area contributed by atoms with E-state index in [2.05, 4.69) is 16.4 Å². The van der Waals surface area contributed by atoms with Gasteiger partial charge in [0.25, 0.3) is 0 Å². The number of benzene rings is 1. The summed E-state index contributed by atoms with van der Waals surface area (Å²) in [5, 5.41) is 25.9. The average molecular weight is 443 g/mol. The Morgan fingerprint density at radius 3 is 2.53 bits per heavy atom. The molecule has 0 fully saturated rings. The van der Waals surface area contributed by atoms with Crippen molar-refractivity contribution in [3.63, 3.8) is 0 Å². The predicted octanol–water partition coefficient (Wildman–Crippen LogP) is 4.29. The van der Waals surface area contributed by atoms with Gasteiger partial charge in [-0.1, -0.05) is 5.21 Å². The number of hydrogen-bond donors (Lipinski definition) is 1. The number of pyridine rings is 1. The number of aliphatic hydroxyl groups excluding tert-OH is 1. The Labute approximate surface area is 179 Å². The molecule has 0 bridgehead atoms. The lowest BCUT2D eigenvalue weighted by molar-refractivity contribution is -0.154. The van der Waals surface area contributed by atoms with Gasteiger partial charge in [-0.15, -0.1) is 5.10 Å². The van der Waals surface area contributed by atoms with Crippen LogP contribution in [0.15, 0.2) is 54.9 Å². The minimum absolute atomic E-state index is 0.173. The van der Waals surface area contributed by atoms with Crippen LogP contribution in [0.25, 0.3) is 16.8 Å². The first-order chi connectivity index (χ1) is 15.3. The molecule has 0 amide bonds. The van der Waals surface area contributed by atoms with Gasteiger partial charge in [0.15, 0.2) is 0 Å². The molecular formula is C22H17F4N5O. The molecule has 0 radical (unpaired) electrons. The van der Waals surface area contributed by atoms with Gasteiger partial charge in [-0.3, -0.25) is 0 Å². The number of rotatable bonds is 6. The van der Waals surface area contributed by atoms with Crippen molar-refractivity contribution in [1.82, 2.24) is 19.4 Å². The van der Waals surface area contributed by atoms with Gasteiger partial charge in [-0.2, -0.15) is 18.4 Å². The smallest absolute Gasteiger partial charge is 0.396 e. The number of nitrogens with zero attached hydrogens (tertiary/aromatic N) is 5. The number of fused-ring (bicyclic) bond motifs is 1. The van der Waals surface area contributed by atoms with Crippen molar-refractivity contribution in [3.8, 4) is 17.3 Å². The molecule has 3 heterocycles. The third kappa shape index (κ3) is 4.20. The molecule has 164 valence electrons. The monoisotopic (exact) mass is 443 g/mol. The lowest BCUT2D eigenvalue weighted by atomic mass is 10.0. The van der Waals surface area contributed by atoms with Gasteiger partial charge >= 0.3 is 6.18 Å². The summed E-state index contributed by atoms with van der Waals surface area (Å²) < 4.78 is 56.0. The van der Waals surface area contributed by atoms with Gasteiger partial charge in [0, 0.05) is 30.1 Å². The van der Waals surface area contributed by atoms with E-state index in [4.69, 9.17) is 5.11 Å². The minimum Gasteiger partial charge on any atom is -0.396 e. The van der Waals surface area contributed by atoms with E-state index in [1.54, 1.807) is 40.9 Å². The zero-order chi connectivity index (χ0) is 22.9. The lowest BCUT2D eigenvalue weighted by Gasteiger charge is -2.16. The lowest BCUT2D eigenvalue weighted by Crippen LogP contribution is -2.22. The van der Waals surface area contributed by atoms with Crippen molar-refractivity contribution in [3.05, 3.63) is 77.5 Å². The number of hydrogen-bond acceptors (Lipinski definition) is 4. The Morgan fingerprint density at radius 1 is 1.12 bits per heavy atom. The van der Waals surface area contributed by atoms with Crippen molar-refractivity contribution >= 4 is 5.52 Å². The van der Waals surface area contributed by atoms with Crippen LogP contribution in [0.2, 0.25) is 0 Å². The first-order valence-electron chi connectivity index (χ1n) is 9.68. The van der Waals surface area contributed by atoms with E-state index in [9.17, 15) is 22.8 Å². The van der Waals surface area contributed by atoms with Crippen molar-refractivity contribution in [2.75, 3.05) is 6.61 Å². The fraction of sp³-hybridized carbons (Fsp3) is 0.227. The molecule has 4 rings (SSSR count). The zero-order valence-corrected chi connectivity index (χ0v) is 16.6. The molecule has 0 spiro atoms. The molecule has 1 aromatic carbocycles. The molecule has 1 unspecified atom stereocenters. The van der Waals surface area contributed by atoms with Crippen LogP contribution in [-0.4, -0.2) is 37.3 Å². The molecule has 32 heavy (non-hydrogen) atoms. The highest BCUT2D eigenvalue weighted by Crippen LogP contribution is 2.36. The fourth-order valence-electron chi connectivity index (χ4n) is 3.66. The highest BCUT2D eigenvalue weighted by atomic mass is 19.4. The Kier molecular flexibility index (Phi) is 5.67. The number of halogens is 4. The standard InChI is InChI=1S/C22H17F4N5O/c23-17-3-1-15(2-4-17)21-16(11-27)10-18-9-14(5-7-31(18)21)12-30-13-20(28-29-30)19(6-8-32)22(24,25)26/h1-5,7,9-10,13,19,32H,6,8,12H2. The molecule has 1 N–H and O–H groups in total. The third-order valence-electron chi connectivity index (χ3n) is 5.15. The molecule has 0 aliphatic heterocycles. The van der Waals surface area contributed by atoms with Gasteiger partial charge in [-0.05, 0) is 54.4 Å². The minimum atomic E-state index is -4.53. The van der Waals surface area contributed by atoms with Crippen molar-refractivity contribution in [2.24, 2.45) is 0 Å². The van der Waals surface area contributed by atoms with Crippen LogP contribution in [0, 0.1) is 17.1 Å². The van der Waals surface area contributed by atoms with Crippen LogP contribution in [0.4, 0.5) is 17.6 Å². The predicted molar refractivity (Wildman–Crippen MR) is 107 cm³/mol. The van der Waals surface area contributed by atoms with E-state index in [-0.39, 0.29) is 18.1 Å². The van der Waals surface area contributed by atoms with Crippen LogP contribution in [-0.2, 0) is 6.54 Å². The van der Waals surface area contributed by atoms with Crippen LogP contribution in [0.3, 0.4) is 0 Å². The Morgan fingerprint density at radius 2 is 1.88 bits per heavy atom. The first kappa shape index (κ1) is 21.5. The number of aromatic nitrogens is 4. The molecule has 0 saturated carbocycles. The largest absolute Gasteiger partial charge is 0.397 e. The van der Waals surface area contributed by atoms with Crippen molar-refractivity contribution < 1.29 is 22.7 Å². The second-order valence-electron chi connectivity index (χ2n) is 7.30. The topological polar surface area (TPSA) is 79.1 Å². The van der Waals surface area contributed by atoms with E-state index < -0.39 is 25.1 Å². The van der Waals surface area contributed by atoms with Crippen LogP contribution < -0.4 is 0 Å². The summed E-state index contributed by atoms with van der Waals surface area (Å²) in [5.41, 5.74) is 2.90. The molecule has 0 aliphatic carbocycles. The quantitative estimate of drug-likeness (QED) is 0.451. The van der Waals surface area contributed by atoms with Gasteiger partial charge in [0.05, 0.1) is 23.5 Å². The molecule has 3 aromatic heterocycles. The second kappa shape index (κ2) is 8.43. The van der Waals surface area contributed by atoms with Gasteiger partial charge in [0.2, 0.25) is 0 Å². The number of alkyl halides is 3. The summed E-state index contributed by atoms with van der Waals surface area (Å²) in [4.78, 5) is 0. The van der Waals surface area contributed by atoms with Gasteiger partial charge < -0.3 is 9.51 Å². The summed E-state index contributed by atoms with van der Waals surface area (Å²) in [6.07, 6.45) is -2.05. The molecule has 10 heteroatoms. The molecule has 0 saturated heterocycles. The van der Waals surface area contributed by atoms with Crippen LogP contribution in [0.1, 0.15) is 29.2 Å². The average Bonchev–Trinajstić information content (AvgIpc) is 3.35. The molecule has 0 aliphatic rings. The maximum absolute atomic E-state index is 13.3. The van der Waals surface area contributed by atoms with E-state index >= 15 is 0 Å². The summed E-state index contributed by atoms with van der Waals surface area (Å²) in [5.74, 6) is -2.26. The highest BCUT2D eigenvalue weighted by Gasteiger charge is 2.42. The fourth-order valence-corrected chi connectivity index (χ4v) is 3.66. The Balaban J connectivity index is 1.64. The first-order valence-corrected chi connectivity index (χ1v) is 9.68. The maximum Gasteiger partial charge on any atom is 0.397 e. The second-order valence-corrected chi connectivity index (χ2v) is 7.30. The maximum atomic E-state index is 13.3. The molecular weight excluding hydrogens is 426 g/mol. The van der Waals surface area contributed by atoms with Crippen LogP contribution in [0.5, 0.6) is 0 Å². The summed E-state index contributed by atoms with van der Waals surface area (Å²) in [6.45, 7) is -0.439. The molecule has 4 aromatic rings. The highest BCUT2D eigenvalue weighted by molar-refractivity contribution is 5.75. The van der Waals surface area contributed by atoms with Crippen molar-refractivity contribution in [1.29, 1.82) is 5.26 Å². The van der Waals surface area contributed by atoms with E-state index in [1.807, 2.05) is 0 Å². The van der Waals surface area contributed by atoms with E-state index in [0.29, 0.717) is 22.3 Å². The molecule has 1 atom stereocenters. The van der Waals surface area contributed by atoms with Crippen LogP contribution >= 0.6 is 0 Å². The summed E-state index contributed by atoms with van der Waals surface area (Å²) in [7, 11) is 0. The Hall–Kier alpha value is -3.71. The SMILES string of the molecule is N#Cc1cc2cc(Cn3cc(C(CCO)C(F)(F)F)nn3)ccn2c1-c1ccc(F)cc1. The number of nitriles is 1. The van der Waals surface area contributed by atoms with E-state index in [0.717, 1.165) is 5.56 Å².